The Morgan fingerprint density at radius 2 is 1.86 bits per heavy atom. The molecule has 1 nitrogen and oxygen atoms in total. The Kier molecular flexibility index (Phi) is 4.51. The fourth-order valence-corrected chi connectivity index (χ4v) is 1.56. The van der Waals surface area contributed by atoms with E-state index < -0.39 is 0 Å². The quantitative estimate of drug-likeness (QED) is 0.745. The second-order valence-electron chi connectivity index (χ2n) is 4.14. The molecule has 0 amide bonds. The number of benzene rings is 1. The summed E-state index contributed by atoms with van der Waals surface area (Å²) in [6, 6.07) is 8.58. The number of hydrogen-bond donors (Lipinski definition) is 1. The van der Waals surface area contributed by atoms with E-state index in [0.29, 0.717) is 0 Å². The Morgan fingerprint density at radius 1 is 1.21 bits per heavy atom. The van der Waals surface area contributed by atoms with E-state index in [9.17, 15) is 0 Å². The molecule has 14 heavy (non-hydrogen) atoms. The molecule has 0 saturated heterocycles. The van der Waals surface area contributed by atoms with Crippen LogP contribution in [0, 0.1) is 12.8 Å². The van der Waals surface area contributed by atoms with Gasteiger partial charge in [-0.1, -0.05) is 38.0 Å². The van der Waals surface area contributed by atoms with Crippen LogP contribution < -0.4 is 5.32 Å². The van der Waals surface area contributed by atoms with Gasteiger partial charge in [0.05, 0.1) is 0 Å². The third kappa shape index (κ3) is 3.82. The van der Waals surface area contributed by atoms with E-state index in [4.69, 9.17) is 0 Å². The lowest BCUT2D eigenvalue weighted by Gasteiger charge is -2.12. The zero-order chi connectivity index (χ0) is 10.4. The van der Waals surface area contributed by atoms with Gasteiger partial charge < -0.3 is 5.32 Å². The van der Waals surface area contributed by atoms with Crippen molar-refractivity contribution in [1.29, 1.82) is 0 Å². The van der Waals surface area contributed by atoms with Gasteiger partial charge in [0.25, 0.3) is 0 Å². The first kappa shape index (κ1) is 11.1. The van der Waals surface area contributed by atoms with E-state index in [1.807, 2.05) is 0 Å². The second-order valence-corrected chi connectivity index (χ2v) is 4.14. The van der Waals surface area contributed by atoms with Crippen molar-refractivity contribution in [3.63, 3.8) is 0 Å². The topological polar surface area (TPSA) is 12.0 Å². The molecule has 1 N–H and O–H groups in total. The van der Waals surface area contributed by atoms with Crippen molar-refractivity contribution in [1.82, 2.24) is 0 Å². The summed E-state index contributed by atoms with van der Waals surface area (Å²) in [5.74, 6) is 0.765. The van der Waals surface area contributed by atoms with Crippen LogP contribution in [0.2, 0.25) is 0 Å². The van der Waals surface area contributed by atoms with Crippen LogP contribution in [0.3, 0.4) is 0 Å². The summed E-state index contributed by atoms with van der Waals surface area (Å²) in [7, 11) is 0. The van der Waals surface area contributed by atoms with Crippen LogP contribution >= 0.6 is 0 Å². The van der Waals surface area contributed by atoms with Crippen molar-refractivity contribution in [2.24, 2.45) is 5.92 Å². The largest absolute Gasteiger partial charge is 0.385 e. The maximum absolute atomic E-state index is 3.46. The number of anilines is 1. The number of aryl methyl sites for hydroxylation is 1. The molecule has 1 aromatic carbocycles. The molecular weight excluding hydrogens is 170 g/mol. The zero-order valence-corrected chi connectivity index (χ0v) is 9.51. The summed E-state index contributed by atoms with van der Waals surface area (Å²) in [4.78, 5) is 0. The molecule has 0 spiro atoms. The van der Waals surface area contributed by atoms with Crippen molar-refractivity contribution in [2.75, 3.05) is 11.9 Å². The smallest absolute Gasteiger partial charge is 0.0340 e. The third-order valence-corrected chi connectivity index (χ3v) is 2.49. The average Bonchev–Trinajstić information content (AvgIpc) is 2.17. The summed E-state index contributed by atoms with van der Waals surface area (Å²) in [5, 5.41) is 3.46. The Labute approximate surface area is 87.5 Å². The number of nitrogens with one attached hydrogen (secondary N) is 1. The first-order valence-corrected chi connectivity index (χ1v) is 5.53. The highest BCUT2D eigenvalue weighted by atomic mass is 14.9. The minimum Gasteiger partial charge on any atom is -0.385 e. The lowest BCUT2D eigenvalue weighted by molar-refractivity contribution is 0.551. The van der Waals surface area contributed by atoms with E-state index in [2.05, 4.69) is 50.4 Å². The van der Waals surface area contributed by atoms with Gasteiger partial charge in [0.15, 0.2) is 0 Å². The molecule has 1 atom stereocenters. The monoisotopic (exact) mass is 191 g/mol. The average molecular weight is 191 g/mol. The highest BCUT2D eigenvalue weighted by Gasteiger charge is 1.99. The van der Waals surface area contributed by atoms with Crippen molar-refractivity contribution >= 4 is 5.69 Å². The highest BCUT2D eigenvalue weighted by Crippen LogP contribution is 2.11. The van der Waals surface area contributed by atoms with E-state index in [0.717, 1.165) is 12.5 Å². The van der Waals surface area contributed by atoms with Gasteiger partial charge in [0, 0.05) is 12.2 Å². The Hall–Kier alpha value is -0.980. The first-order chi connectivity index (χ1) is 6.72. The first-order valence-electron chi connectivity index (χ1n) is 5.53. The van der Waals surface area contributed by atoms with Crippen molar-refractivity contribution in [3.05, 3.63) is 29.8 Å². The Morgan fingerprint density at radius 3 is 2.43 bits per heavy atom. The van der Waals surface area contributed by atoms with Crippen LogP contribution in [0.5, 0.6) is 0 Å². The predicted molar refractivity (Wildman–Crippen MR) is 63.7 cm³/mol. The van der Waals surface area contributed by atoms with Crippen LogP contribution in [-0.2, 0) is 0 Å². The molecule has 0 aliphatic heterocycles. The molecule has 0 aromatic heterocycles. The summed E-state index contributed by atoms with van der Waals surface area (Å²) in [6.07, 6.45) is 2.58. The lowest BCUT2D eigenvalue weighted by atomic mass is 10.1. The molecule has 0 saturated carbocycles. The van der Waals surface area contributed by atoms with Crippen molar-refractivity contribution < 1.29 is 0 Å². The molecule has 1 heteroatoms. The summed E-state index contributed by atoms with van der Waals surface area (Å²) < 4.78 is 0. The SMILES string of the molecule is CCCC(C)CNc1ccc(C)cc1. The van der Waals surface area contributed by atoms with Crippen LogP contribution in [-0.4, -0.2) is 6.54 Å². The Bertz CT molecular complexity index is 250. The van der Waals surface area contributed by atoms with Crippen molar-refractivity contribution in [2.45, 2.75) is 33.6 Å². The van der Waals surface area contributed by atoms with Gasteiger partial charge in [-0.2, -0.15) is 0 Å². The Balaban J connectivity index is 2.34. The van der Waals surface area contributed by atoms with Gasteiger partial charge in [0.1, 0.15) is 0 Å². The molecule has 78 valence electrons. The number of hydrogen-bond acceptors (Lipinski definition) is 1. The van der Waals surface area contributed by atoms with Gasteiger partial charge >= 0.3 is 0 Å². The molecule has 1 aromatic rings. The van der Waals surface area contributed by atoms with Crippen LogP contribution in [0.1, 0.15) is 32.3 Å². The lowest BCUT2D eigenvalue weighted by Crippen LogP contribution is -2.10. The molecule has 0 aliphatic rings. The van der Waals surface area contributed by atoms with Gasteiger partial charge in [-0.25, -0.2) is 0 Å². The van der Waals surface area contributed by atoms with Crippen molar-refractivity contribution in [3.8, 4) is 0 Å². The summed E-state index contributed by atoms with van der Waals surface area (Å²) >= 11 is 0. The highest BCUT2D eigenvalue weighted by molar-refractivity contribution is 5.44. The van der Waals surface area contributed by atoms with E-state index in [1.165, 1.54) is 24.1 Å². The third-order valence-electron chi connectivity index (χ3n) is 2.49. The van der Waals surface area contributed by atoms with Gasteiger partial charge in [0.2, 0.25) is 0 Å². The summed E-state index contributed by atoms with van der Waals surface area (Å²) in [6.45, 7) is 7.73. The van der Waals surface area contributed by atoms with Gasteiger partial charge in [-0.05, 0) is 31.4 Å². The van der Waals surface area contributed by atoms with E-state index in [-0.39, 0.29) is 0 Å². The predicted octanol–water partition coefficient (Wildman–Crippen LogP) is 3.84. The number of rotatable bonds is 5. The molecule has 0 radical (unpaired) electrons. The molecule has 0 fully saturated rings. The second kappa shape index (κ2) is 5.69. The van der Waals surface area contributed by atoms with Crippen LogP contribution in [0.25, 0.3) is 0 Å². The maximum Gasteiger partial charge on any atom is 0.0340 e. The molecule has 1 rings (SSSR count). The minimum absolute atomic E-state index is 0.765. The normalized spacial score (nSPS) is 12.5. The van der Waals surface area contributed by atoms with Crippen LogP contribution in [0.15, 0.2) is 24.3 Å². The fourth-order valence-electron chi connectivity index (χ4n) is 1.56. The maximum atomic E-state index is 3.46. The molecular formula is C13H21N. The van der Waals surface area contributed by atoms with Gasteiger partial charge in [-0.3, -0.25) is 0 Å². The molecule has 0 bridgehead atoms. The van der Waals surface area contributed by atoms with Gasteiger partial charge in [-0.15, -0.1) is 0 Å². The van der Waals surface area contributed by atoms with E-state index >= 15 is 0 Å². The van der Waals surface area contributed by atoms with E-state index in [1.54, 1.807) is 0 Å². The summed E-state index contributed by atoms with van der Waals surface area (Å²) in [5.41, 5.74) is 2.55. The zero-order valence-electron chi connectivity index (χ0n) is 9.51. The minimum atomic E-state index is 0.765. The molecule has 1 unspecified atom stereocenters. The molecule has 0 aliphatic carbocycles. The van der Waals surface area contributed by atoms with Crippen LogP contribution in [0.4, 0.5) is 5.69 Å². The standard InChI is InChI=1S/C13H21N/c1-4-5-12(3)10-14-13-8-6-11(2)7-9-13/h6-9,12,14H,4-5,10H2,1-3H3. The fraction of sp³-hybridized carbons (Fsp3) is 0.538. The molecule has 0 heterocycles.